The molecule has 0 aliphatic rings. The summed E-state index contributed by atoms with van der Waals surface area (Å²) in [5, 5.41) is 11.3. The first-order valence-corrected chi connectivity index (χ1v) is 10.1. The Morgan fingerprint density at radius 2 is 1.97 bits per heavy atom. The van der Waals surface area contributed by atoms with Crippen molar-refractivity contribution in [3.63, 3.8) is 0 Å². The van der Waals surface area contributed by atoms with Crippen LogP contribution >= 0.6 is 11.3 Å². The Kier molecular flexibility index (Phi) is 5.48. The monoisotopic (exact) mass is 407 g/mol. The summed E-state index contributed by atoms with van der Waals surface area (Å²) in [6.07, 6.45) is 2.20. The average molecular weight is 408 g/mol. The van der Waals surface area contributed by atoms with Gasteiger partial charge in [-0.3, -0.25) is 4.79 Å². The minimum Gasteiger partial charge on any atom is -0.368 e. The summed E-state index contributed by atoms with van der Waals surface area (Å²) < 4.78 is 1.64. The van der Waals surface area contributed by atoms with Gasteiger partial charge in [-0.2, -0.15) is 14.6 Å². The number of hydrogen-bond donors (Lipinski definition) is 2. The number of aromatic nitrogens is 5. The predicted molar refractivity (Wildman–Crippen MR) is 112 cm³/mol. The van der Waals surface area contributed by atoms with Crippen LogP contribution in [0.2, 0.25) is 0 Å². The van der Waals surface area contributed by atoms with Gasteiger partial charge in [0.15, 0.2) is 0 Å². The van der Waals surface area contributed by atoms with Crippen LogP contribution < -0.4 is 10.6 Å². The predicted octanol–water partition coefficient (Wildman–Crippen LogP) is 2.63. The molecule has 0 radical (unpaired) electrons. The third kappa shape index (κ3) is 4.40. The molecule has 4 rings (SSSR count). The average Bonchev–Trinajstić information content (AvgIpc) is 3.32. The van der Waals surface area contributed by atoms with Gasteiger partial charge in [-0.15, -0.1) is 11.3 Å². The van der Waals surface area contributed by atoms with Gasteiger partial charge in [0.05, 0.1) is 10.7 Å². The lowest BCUT2D eigenvalue weighted by molar-refractivity contribution is 0.0958. The van der Waals surface area contributed by atoms with Crippen molar-refractivity contribution >= 4 is 28.8 Å². The van der Waals surface area contributed by atoms with E-state index in [1.807, 2.05) is 38.1 Å². The molecular formula is C20H21N7OS. The van der Waals surface area contributed by atoms with Gasteiger partial charge in [-0.25, -0.2) is 9.97 Å². The van der Waals surface area contributed by atoms with E-state index in [0.717, 1.165) is 28.6 Å². The fourth-order valence-electron chi connectivity index (χ4n) is 3.01. The second-order valence-corrected chi connectivity index (χ2v) is 7.71. The molecule has 0 bridgehead atoms. The van der Waals surface area contributed by atoms with Crippen LogP contribution in [0.4, 0.5) is 5.82 Å². The van der Waals surface area contributed by atoms with E-state index in [0.29, 0.717) is 23.7 Å². The molecule has 0 saturated carbocycles. The van der Waals surface area contributed by atoms with Crippen molar-refractivity contribution in [1.29, 1.82) is 0 Å². The normalized spacial score (nSPS) is 11.0. The highest BCUT2D eigenvalue weighted by Gasteiger charge is 2.15. The largest absolute Gasteiger partial charge is 0.368 e. The first-order chi connectivity index (χ1) is 14.1. The highest BCUT2D eigenvalue weighted by molar-refractivity contribution is 7.13. The highest BCUT2D eigenvalue weighted by Crippen LogP contribution is 2.20. The minimum absolute atomic E-state index is 0.0991. The van der Waals surface area contributed by atoms with Crippen molar-refractivity contribution < 1.29 is 4.79 Å². The molecule has 0 atom stereocenters. The molecule has 0 saturated heterocycles. The molecule has 148 valence electrons. The van der Waals surface area contributed by atoms with Crippen LogP contribution in [0.3, 0.4) is 0 Å². The molecule has 3 heterocycles. The number of hydrogen-bond acceptors (Lipinski definition) is 7. The zero-order valence-corrected chi connectivity index (χ0v) is 17.0. The molecule has 0 aliphatic carbocycles. The summed E-state index contributed by atoms with van der Waals surface area (Å²) in [5.41, 5.74) is 2.80. The zero-order valence-electron chi connectivity index (χ0n) is 16.2. The van der Waals surface area contributed by atoms with Gasteiger partial charge in [0, 0.05) is 31.3 Å². The lowest BCUT2D eigenvalue weighted by Gasteiger charge is -2.09. The molecule has 2 N–H and O–H groups in total. The molecule has 0 aliphatic heterocycles. The second-order valence-electron chi connectivity index (χ2n) is 6.62. The van der Waals surface area contributed by atoms with Crippen LogP contribution in [0.1, 0.15) is 31.6 Å². The first kappa shape index (κ1) is 19.0. The Balaban J connectivity index is 1.33. The van der Waals surface area contributed by atoms with Crippen LogP contribution in [0.25, 0.3) is 5.78 Å². The number of rotatable bonds is 7. The summed E-state index contributed by atoms with van der Waals surface area (Å²) in [5.74, 6) is 1.24. The molecule has 9 heteroatoms. The highest BCUT2D eigenvalue weighted by atomic mass is 32.1. The Labute approximate surface area is 172 Å². The number of carbonyl (C=O) groups is 1. The summed E-state index contributed by atoms with van der Waals surface area (Å²) in [7, 11) is 0. The second kappa shape index (κ2) is 8.36. The molecule has 0 unspecified atom stereocenters. The Bertz CT molecular complexity index is 1140. The molecule has 8 nitrogen and oxygen atoms in total. The number of anilines is 1. The summed E-state index contributed by atoms with van der Waals surface area (Å²) in [4.78, 5) is 26.2. The maximum Gasteiger partial charge on any atom is 0.263 e. The number of fused-ring (bicyclic) bond motifs is 1. The fourth-order valence-corrected chi connectivity index (χ4v) is 4.03. The van der Waals surface area contributed by atoms with E-state index in [1.165, 1.54) is 23.2 Å². The number of nitrogens with zero attached hydrogens (tertiary/aromatic N) is 5. The van der Waals surface area contributed by atoms with Crippen LogP contribution in [-0.4, -0.2) is 43.6 Å². The zero-order chi connectivity index (χ0) is 20.2. The van der Waals surface area contributed by atoms with Crippen LogP contribution in [-0.2, 0) is 6.42 Å². The maximum absolute atomic E-state index is 12.6. The quantitative estimate of drug-likeness (QED) is 0.457. The SMILES string of the molecule is Cc1cc(NCCNC(=O)c2sc(Cc3ccccc3)nc2C)n2ncnc2n1. The number of aryl methyl sites for hydroxylation is 2. The van der Waals surface area contributed by atoms with Crippen molar-refractivity contribution in [2.24, 2.45) is 0 Å². The fraction of sp³-hybridized carbons (Fsp3) is 0.250. The van der Waals surface area contributed by atoms with Gasteiger partial charge in [0.1, 0.15) is 17.0 Å². The lowest BCUT2D eigenvalue weighted by atomic mass is 10.2. The number of benzene rings is 1. The molecule has 3 aromatic heterocycles. The van der Waals surface area contributed by atoms with Crippen LogP contribution in [0.15, 0.2) is 42.7 Å². The topological polar surface area (TPSA) is 97.1 Å². The third-order valence-electron chi connectivity index (χ3n) is 4.34. The van der Waals surface area contributed by atoms with Crippen LogP contribution in [0.5, 0.6) is 0 Å². The molecule has 1 aromatic carbocycles. The van der Waals surface area contributed by atoms with Gasteiger partial charge < -0.3 is 10.6 Å². The molecule has 0 fully saturated rings. The van der Waals surface area contributed by atoms with E-state index in [2.05, 4.69) is 42.8 Å². The van der Waals surface area contributed by atoms with Gasteiger partial charge in [0.25, 0.3) is 11.7 Å². The maximum atomic E-state index is 12.6. The number of amides is 1. The van der Waals surface area contributed by atoms with E-state index < -0.39 is 0 Å². The van der Waals surface area contributed by atoms with E-state index in [1.54, 1.807) is 4.52 Å². The van der Waals surface area contributed by atoms with Crippen molar-refractivity contribution in [1.82, 2.24) is 29.9 Å². The molecular weight excluding hydrogens is 386 g/mol. The third-order valence-corrected chi connectivity index (χ3v) is 5.50. The van der Waals surface area contributed by atoms with E-state index in [-0.39, 0.29) is 5.91 Å². The molecule has 4 aromatic rings. The van der Waals surface area contributed by atoms with Gasteiger partial charge in [-0.05, 0) is 19.4 Å². The Hall–Kier alpha value is -3.33. The standard InChI is InChI=1S/C20H21N7OS/c1-13-10-16(27-20(25-13)23-12-24-27)21-8-9-22-19(28)18-14(2)26-17(29-18)11-15-6-4-3-5-7-15/h3-7,10,12,21H,8-9,11H2,1-2H3,(H,22,28). The molecule has 29 heavy (non-hydrogen) atoms. The van der Waals surface area contributed by atoms with Gasteiger partial charge in [0.2, 0.25) is 0 Å². The Morgan fingerprint density at radius 3 is 2.79 bits per heavy atom. The van der Waals surface area contributed by atoms with E-state index in [9.17, 15) is 4.79 Å². The van der Waals surface area contributed by atoms with Gasteiger partial charge >= 0.3 is 0 Å². The number of carbonyl (C=O) groups excluding carboxylic acids is 1. The van der Waals surface area contributed by atoms with Crippen molar-refractivity contribution in [3.8, 4) is 0 Å². The summed E-state index contributed by atoms with van der Waals surface area (Å²) >= 11 is 1.45. The summed E-state index contributed by atoms with van der Waals surface area (Å²) in [6, 6.07) is 12.0. The van der Waals surface area contributed by atoms with Gasteiger partial charge in [-0.1, -0.05) is 30.3 Å². The Morgan fingerprint density at radius 1 is 1.14 bits per heavy atom. The molecule has 1 amide bonds. The lowest BCUT2D eigenvalue weighted by Crippen LogP contribution is -2.29. The molecule has 0 spiro atoms. The van der Waals surface area contributed by atoms with E-state index >= 15 is 0 Å². The van der Waals surface area contributed by atoms with E-state index in [4.69, 9.17) is 0 Å². The number of nitrogens with one attached hydrogen (secondary N) is 2. The summed E-state index contributed by atoms with van der Waals surface area (Å²) in [6.45, 7) is 4.81. The van der Waals surface area contributed by atoms with Crippen molar-refractivity contribution in [2.45, 2.75) is 20.3 Å². The van der Waals surface area contributed by atoms with Crippen molar-refractivity contribution in [2.75, 3.05) is 18.4 Å². The first-order valence-electron chi connectivity index (χ1n) is 9.30. The minimum atomic E-state index is -0.0991. The smallest absolute Gasteiger partial charge is 0.263 e. The number of thiazole rings is 1. The van der Waals surface area contributed by atoms with Crippen LogP contribution in [0, 0.1) is 13.8 Å². The van der Waals surface area contributed by atoms with Crippen molar-refractivity contribution in [3.05, 3.63) is 69.6 Å².